The lowest BCUT2D eigenvalue weighted by atomic mass is 10.1. The van der Waals surface area contributed by atoms with Crippen molar-refractivity contribution < 1.29 is 19.3 Å². The predicted molar refractivity (Wildman–Crippen MR) is 104 cm³/mol. The maximum absolute atomic E-state index is 13.8. The lowest BCUT2D eigenvalue weighted by Gasteiger charge is -2.30. The molecular formula is C19H19Cl2FN3O2+. The Kier molecular flexibility index (Phi) is 5.69. The van der Waals surface area contributed by atoms with Gasteiger partial charge in [-0.15, -0.1) is 0 Å². The fourth-order valence-corrected chi connectivity index (χ4v) is 3.74. The molecule has 142 valence electrons. The van der Waals surface area contributed by atoms with E-state index >= 15 is 0 Å². The van der Waals surface area contributed by atoms with Crippen molar-refractivity contribution in [1.29, 1.82) is 0 Å². The zero-order valence-electron chi connectivity index (χ0n) is 14.8. The van der Waals surface area contributed by atoms with Gasteiger partial charge >= 0.3 is 0 Å². The summed E-state index contributed by atoms with van der Waals surface area (Å²) in [6.45, 7) is 3.53. The molecule has 2 amide bonds. The number of halogens is 3. The fourth-order valence-electron chi connectivity index (χ4n) is 3.18. The van der Waals surface area contributed by atoms with E-state index in [1.807, 2.05) is 13.0 Å². The number of amides is 2. The van der Waals surface area contributed by atoms with Crippen LogP contribution >= 0.6 is 23.2 Å². The van der Waals surface area contributed by atoms with E-state index < -0.39 is 11.9 Å². The highest BCUT2D eigenvalue weighted by Crippen LogP contribution is 2.30. The maximum atomic E-state index is 13.8. The van der Waals surface area contributed by atoms with Gasteiger partial charge in [0.2, 0.25) is 5.91 Å². The Morgan fingerprint density at radius 1 is 1.22 bits per heavy atom. The number of hydrogen-bond donors (Lipinski definition) is 2. The summed E-state index contributed by atoms with van der Waals surface area (Å²) in [4.78, 5) is 26.4. The Morgan fingerprint density at radius 2 is 1.93 bits per heavy atom. The number of carbonyl (C=O) groups excluding carboxylic acids is 2. The van der Waals surface area contributed by atoms with E-state index in [1.165, 1.54) is 17.0 Å². The molecule has 0 radical (unpaired) electrons. The Hall–Kier alpha value is -2.15. The Bertz CT molecular complexity index is 907. The minimum Gasteiger partial charge on any atom is -0.330 e. The van der Waals surface area contributed by atoms with Crippen molar-refractivity contribution in [3.8, 4) is 0 Å². The van der Waals surface area contributed by atoms with Crippen molar-refractivity contribution >= 4 is 46.4 Å². The average molecular weight is 411 g/mol. The number of fused-ring (bicyclic) bond motifs is 1. The molecule has 5 nitrogen and oxygen atoms in total. The minimum atomic E-state index is -0.558. The SMILES string of the molecule is C[C@@H]([NH2+][C@H](C)c1cc(F)c(Cl)cc1Cl)C(=O)N1CC(=O)Nc2ccccc21. The van der Waals surface area contributed by atoms with Crippen molar-refractivity contribution in [2.45, 2.75) is 25.9 Å². The molecule has 1 aliphatic heterocycles. The van der Waals surface area contributed by atoms with E-state index in [-0.39, 0.29) is 29.4 Å². The van der Waals surface area contributed by atoms with Crippen LogP contribution in [-0.2, 0) is 9.59 Å². The van der Waals surface area contributed by atoms with Gasteiger partial charge in [0.25, 0.3) is 5.91 Å². The molecule has 1 aliphatic rings. The Balaban J connectivity index is 1.78. The van der Waals surface area contributed by atoms with Gasteiger partial charge in [0.05, 0.1) is 21.4 Å². The molecule has 1 heterocycles. The zero-order chi connectivity index (χ0) is 19.7. The van der Waals surface area contributed by atoms with Gasteiger partial charge in [-0.3, -0.25) is 14.5 Å². The molecule has 0 aliphatic carbocycles. The number of nitrogens with two attached hydrogens (primary N) is 1. The molecule has 0 fully saturated rings. The molecule has 0 aromatic heterocycles. The zero-order valence-corrected chi connectivity index (χ0v) is 16.3. The summed E-state index contributed by atoms with van der Waals surface area (Å²) >= 11 is 11.9. The first-order valence-electron chi connectivity index (χ1n) is 8.47. The summed E-state index contributed by atoms with van der Waals surface area (Å²) in [5, 5.41) is 4.83. The standard InChI is InChI=1S/C19H18Cl2FN3O2/c1-10(12-7-15(22)14(21)8-13(12)20)23-11(2)19(27)25-9-18(26)24-16-5-3-4-6-17(16)25/h3-8,10-11,23H,9H2,1-2H3,(H,24,26)/p+1/t10-,11-/m1/s1. The van der Waals surface area contributed by atoms with Crippen molar-refractivity contribution in [2.24, 2.45) is 0 Å². The van der Waals surface area contributed by atoms with Crippen molar-refractivity contribution in [1.82, 2.24) is 0 Å². The highest BCUT2D eigenvalue weighted by atomic mass is 35.5. The smallest absolute Gasteiger partial charge is 0.285 e. The van der Waals surface area contributed by atoms with Crippen LogP contribution < -0.4 is 15.5 Å². The average Bonchev–Trinajstić information content (AvgIpc) is 2.63. The molecule has 0 saturated heterocycles. The number of quaternary nitrogens is 1. The lowest BCUT2D eigenvalue weighted by Crippen LogP contribution is -2.92. The molecular weight excluding hydrogens is 392 g/mol. The third-order valence-electron chi connectivity index (χ3n) is 4.53. The van der Waals surface area contributed by atoms with Gasteiger partial charge in [-0.2, -0.15) is 0 Å². The van der Waals surface area contributed by atoms with E-state index in [1.54, 1.807) is 30.4 Å². The molecule has 27 heavy (non-hydrogen) atoms. The van der Waals surface area contributed by atoms with Gasteiger partial charge < -0.3 is 10.6 Å². The van der Waals surface area contributed by atoms with E-state index in [0.717, 1.165) is 0 Å². The second-order valence-electron chi connectivity index (χ2n) is 6.55. The summed E-state index contributed by atoms with van der Waals surface area (Å²) in [6, 6.07) is 8.99. The molecule has 0 unspecified atom stereocenters. The van der Waals surface area contributed by atoms with Crippen LogP contribution in [0.3, 0.4) is 0 Å². The maximum Gasteiger partial charge on any atom is 0.285 e. The summed E-state index contributed by atoms with van der Waals surface area (Å²) < 4.78 is 13.8. The second-order valence-corrected chi connectivity index (χ2v) is 7.36. The number of nitrogens with one attached hydrogen (secondary N) is 1. The number of para-hydroxylation sites is 2. The molecule has 2 aromatic carbocycles. The molecule has 0 bridgehead atoms. The van der Waals surface area contributed by atoms with Gasteiger partial charge in [-0.1, -0.05) is 35.3 Å². The van der Waals surface area contributed by atoms with Gasteiger partial charge in [-0.05, 0) is 38.1 Å². The summed E-state index contributed by atoms with van der Waals surface area (Å²) in [7, 11) is 0. The highest BCUT2D eigenvalue weighted by Gasteiger charge is 2.32. The van der Waals surface area contributed by atoms with Gasteiger partial charge in [-0.25, -0.2) is 4.39 Å². The van der Waals surface area contributed by atoms with Crippen LogP contribution in [-0.4, -0.2) is 24.4 Å². The monoisotopic (exact) mass is 410 g/mol. The molecule has 2 aromatic rings. The third kappa shape index (κ3) is 4.08. The van der Waals surface area contributed by atoms with E-state index in [2.05, 4.69) is 5.32 Å². The van der Waals surface area contributed by atoms with Gasteiger partial charge in [0.1, 0.15) is 18.4 Å². The number of rotatable bonds is 4. The first-order valence-corrected chi connectivity index (χ1v) is 9.23. The van der Waals surface area contributed by atoms with Gasteiger partial charge in [0, 0.05) is 5.56 Å². The van der Waals surface area contributed by atoms with E-state index in [9.17, 15) is 14.0 Å². The quantitative estimate of drug-likeness (QED) is 0.760. The van der Waals surface area contributed by atoms with Crippen LogP contribution in [0.1, 0.15) is 25.5 Å². The van der Waals surface area contributed by atoms with E-state index in [0.29, 0.717) is 22.0 Å². The van der Waals surface area contributed by atoms with Crippen LogP contribution in [0.2, 0.25) is 10.0 Å². The largest absolute Gasteiger partial charge is 0.330 e. The molecule has 3 N–H and O–H groups in total. The molecule has 2 atom stereocenters. The predicted octanol–water partition coefficient (Wildman–Crippen LogP) is 3.13. The molecule has 3 rings (SSSR count). The van der Waals surface area contributed by atoms with Crippen LogP contribution in [0.4, 0.5) is 15.8 Å². The Morgan fingerprint density at radius 3 is 2.67 bits per heavy atom. The number of anilines is 2. The van der Waals surface area contributed by atoms with Crippen LogP contribution in [0.15, 0.2) is 36.4 Å². The summed E-state index contributed by atoms with van der Waals surface area (Å²) in [6.07, 6.45) is 0. The fraction of sp³-hybridized carbons (Fsp3) is 0.263. The normalized spacial score (nSPS) is 15.7. The summed E-state index contributed by atoms with van der Waals surface area (Å²) in [5.74, 6) is -1.02. The second kappa shape index (κ2) is 7.84. The molecule has 0 spiro atoms. The van der Waals surface area contributed by atoms with Crippen molar-refractivity contribution in [2.75, 3.05) is 16.8 Å². The van der Waals surface area contributed by atoms with Crippen molar-refractivity contribution in [3.05, 3.63) is 57.8 Å². The molecule has 8 heteroatoms. The Labute approximate surface area is 166 Å². The highest BCUT2D eigenvalue weighted by molar-refractivity contribution is 6.35. The minimum absolute atomic E-state index is 0.0429. The lowest BCUT2D eigenvalue weighted by molar-refractivity contribution is -0.710. The van der Waals surface area contributed by atoms with Crippen LogP contribution in [0.5, 0.6) is 0 Å². The van der Waals surface area contributed by atoms with Crippen LogP contribution in [0, 0.1) is 5.82 Å². The topological polar surface area (TPSA) is 66.0 Å². The van der Waals surface area contributed by atoms with Crippen LogP contribution in [0.25, 0.3) is 0 Å². The first kappa shape index (κ1) is 19.6. The number of nitrogens with zero attached hydrogens (tertiary/aromatic N) is 1. The molecule has 0 saturated carbocycles. The van der Waals surface area contributed by atoms with Crippen molar-refractivity contribution in [3.63, 3.8) is 0 Å². The summed E-state index contributed by atoms with van der Waals surface area (Å²) in [5.41, 5.74) is 1.81. The van der Waals surface area contributed by atoms with E-state index in [4.69, 9.17) is 23.2 Å². The van der Waals surface area contributed by atoms with Gasteiger partial charge in [0.15, 0.2) is 6.04 Å². The number of hydrogen-bond acceptors (Lipinski definition) is 2. The first-order chi connectivity index (χ1) is 12.8. The third-order valence-corrected chi connectivity index (χ3v) is 5.15. The number of benzene rings is 2. The number of carbonyl (C=O) groups is 2.